The van der Waals surface area contributed by atoms with Crippen LogP contribution in [0.3, 0.4) is 0 Å². The Labute approximate surface area is 79.5 Å². The maximum atomic E-state index is 5.23. The molecule has 0 heterocycles. The van der Waals surface area contributed by atoms with E-state index in [-0.39, 0.29) is 0 Å². The second-order valence-electron chi connectivity index (χ2n) is 2.82. The Morgan fingerprint density at radius 1 is 1.15 bits per heavy atom. The van der Waals surface area contributed by atoms with Crippen LogP contribution in [0.15, 0.2) is 12.1 Å². The van der Waals surface area contributed by atoms with Crippen LogP contribution in [0.5, 0.6) is 11.5 Å². The van der Waals surface area contributed by atoms with Gasteiger partial charge in [0.15, 0.2) is 0 Å². The molecule has 13 heavy (non-hydrogen) atoms. The van der Waals surface area contributed by atoms with Crippen LogP contribution < -0.4 is 9.47 Å². The van der Waals surface area contributed by atoms with Gasteiger partial charge in [-0.25, -0.2) is 0 Å². The van der Waals surface area contributed by atoms with Gasteiger partial charge in [0, 0.05) is 5.56 Å². The zero-order chi connectivity index (χ0) is 9.68. The third kappa shape index (κ3) is 2.14. The summed E-state index contributed by atoms with van der Waals surface area (Å²) in [6, 6.07) is 6.66. The summed E-state index contributed by atoms with van der Waals surface area (Å²) in [5.74, 6) is 1.72. The molecule has 0 N–H and O–H groups in total. The molecule has 0 saturated heterocycles. The number of hydrogen-bond donors (Lipinski definition) is 0. The van der Waals surface area contributed by atoms with Gasteiger partial charge in [-0.1, -0.05) is 13.3 Å². The Bertz CT molecular complexity index is 247. The molecule has 1 aromatic carbocycles. The normalized spacial score (nSPS) is 9.77. The molecule has 2 nitrogen and oxygen atoms in total. The van der Waals surface area contributed by atoms with E-state index in [1.54, 1.807) is 14.2 Å². The van der Waals surface area contributed by atoms with Gasteiger partial charge in [-0.3, -0.25) is 0 Å². The van der Waals surface area contributed by atoms with Gasteiger partial charge in [-0.15, -0.1) is 0 Å². The molecule has 1 aromatic rings. The first kappa shape index (κ1) is 9.90. The molecular weight excluding hydrogens is 164 g/mol. The van der Waals surface area contributed by atoms with Crippen molar-refractivity contribution in [1.29, 1.82) is 0 Å². The minimum Gasteiger partial charge on any atom is -0.496 e. The maximum absolute atomic E-state index is 5.23. The van der Waals surface area contributed by atoms with Gasteiger partial charge in [0.05, 0.1) is 14.2 Å². The van der Waals surface area contributed by atoms with Crippen LogP contribution >= 0.6 is 0 Å². The molecule has 0 spiro atoms. The summed E-state index contributed by atoms with van der Waals surface area (Å²) in [7, 11) is 3.34. The van der Waals surface area contributed by atoms with E-state index in [2.05, 4.69) is 13.0 Å². The lowest BCUT2D eigenvalue weighted by Crippen LogP contribution is -1.96. The van der Waals surface area contributed by atoms with Crippen molar-refractivity contribution < 1.29 is 9.47 Å². The topological polar surface area (TPSA) is 18.5 Å². The fraction of sp³-hybridized carbons (Fsp3) is 0.455. The van der Waals surface area contributed by atoms with Gasteiger partial charge in [0.1, 0.15) is 11.5 Å². The molecule has 0 bridgehead atoms. The molecule has 71 valence electrons. The number of methoxy groups -OCH3 is 2. The fourth-order valence-corrected chi connectivity index (χ4v) is 1.35. The molecule has 0 aliphatic heterocycles. The number of benzene rings is 1. The van der Waals surface area contributed by atoms with Crippen molar-refractivity contribution in [3.05, 3.63) is 23.8 Å². The molecule has 0 unspecified atom stereocenters. The molecular formula is C11H15O2. The summed E-state index contributed by atoms with van der Waals surface area (Å²) in [5, 5.41) is 0. The average molecular weight is 179 g/mol. The maximum Gasteiger partial charge on any atom is 0.126 e. The Morgan fingerprint density at radius 3 is 2.08 bits per heavy atom. The summed E-state index contributed by atoms with van der Waals surface area (Å²) < 4.78 is 10.5. The molecule has 0 atom stereocenters. The first-order valence-corrected chi connectivity index (χ1v) is 4.44. The Balaban J connectivity index is 3.05. The highest BCUT2D eigenvalue weighted by Gasteiger charge is 2.07. The first-order valence-electron chi connectivity index (χ1n) is 4.44. The first-order chi connectivity index (χ1) is 6.33. The van der Waals surface area contributed by atoms with Crippen LogP contribution in [0, 0.1) is 6.07 Å². The quantitative estimate of drug-likeness (QED) is 0.706. The Morgan fingerprint density at radius 2 is 1.69 bits per heavy atom. The average Bonchev–Trinajstić information content (AvgIpc) is 2.18. The molecule has 1 radical (unpaired) electrons. The van der Waals surface area contributed by atoms with Crippen molar-refractivity contribution >= 4 is 0 Å². The van der Waals surface area contributed by atoms with E-state index < -0.39 is 0 Å². The van der Waals surface area contributed by atoms with Crippen LogP contribution in [0.25, 0.3) is 0 Å². The molecule has 0 amide bonds. The second-order valence-corrected chi connectivity index (χ2v) is 2.82. The van der Waals surface area contributed by atoms with Gasteiger partial charge >= 0.3 is 0 Å². The largest absolute Gasteiger partial charge is 0.496 e. The molecule has 0 saturated carbocycles. The van der Waals surface area contributed by atoms with Crippen LogP contribution in [-0.4, -0.2) is 14.2 Å². The number of hydrogen-bond acceptors (Lipinski definition) is 2. The van der Waals surface area contributed by atoms with Gasteiger partial charge in [-0.05, 0) is 24.6 Å². The van der Waals surface area contributed by atoms with Gasteiger partial charge in [-0.2, -0.15) is 0 Å². The minimum atomic E-state index is 0.862. The van der Waals surface area contributed by atoms with E-state index in [0.717, 1.165) is 29.9 Å². The van der Waals surface area contributed by atoms with Crippen molar-refractivity contribution in [3.63, 3.8) is 0 Å². The third-order valence-corrected chi connectivity index (χ3v) is 1.96. The highest BCUT2D eigenvalue weighted by Crippen LogP contribution is 2.28. The van der Waals surface area contributed by atoms with Crippen LogP contribution in [-0.2, 0) is 6.42 Å². The van der Waals surface area contributed by atoms with Crippen LogP contribution in [0.1, 0.15) is 18.9 Å². The van der Waals surface area contributed by atoms with Crippen molar-refractivity contribution in [1.82, 2.24) is 0 Å². The lowest BCUT2D eigenvalue weighted by molar-refractivity contribution is 0.385. The van der Waals surface area contributed by atoms with E-state index in [1.165, 1.54) is 0 Å². The lowest BCUT2D eigenvalue weighted by atomic mass is 10.1. The Hall–Kier alpha value is -1.18. The SMILES string of the molecule is CCCc1c(OC)c[c]cc1OC. The summed E-state index contributed by atoms with van der Waals surface area (Å²) in [6.45, 7) is 2.13. The zero-order valence-electron chi connectivity index (χ0n) is 8.39. The molecule has 2 heteroatoms. The van der Waals surface area contributed by atoms with E-state index >= 15 is 0 Å². The number of rotatable bonds is 4. The van der Waals surface area contributed by atoms with Crippen LogP contribution in [0.2, 0.25) is 0 Å². The van der Waals surface area contributed by atoms with Crippen molar-refractivity contribution in [3.8, 4) is 11.5 Å². The summed E-state index contributed by atoms with van der Waals surface area (Å²) in [5.41, 5.74) is 1.13. The standard InChI is InChI=1S/C11H15O2/c1-4-6-9-10(12-2)7-5-8-11(9)13-3/h7-8H,4,6H2,1-3H3. The highest BCUT2D eigenvalue weighted by molar-refractivity contribution is 5.44. The predicted molar refractivity (Wildman–Crippen MR) is 52.4 cm³/mol. The molecule has 0 fully saturated rings. The summed E-state index contributed by atoms with van der Waals surface area (Å²) in [4.78, 5) is 0. The fourth-order valence-electron chi connectivity index (χ4n) is 1.35. The summed E-state index contributed by atoms with van der Waals surface area (Å²) >= 11 is 0. The monoisotopic (exact) mass is 179 g/mol. The molecule has 1 rings (SSSR count). The predicted octanol–water partition coefficient (Wildman–Crippen LogP) is 2.46. The van der Waals surface area contributed by atoms with E-state index in [1.807, 2.05) is 12.1 Å². The van der Waals surface area contributed by atoms with Crippen LogP contribution in [0.4, 0.5) is 0 Å². The Kier molecular flexibility index (Phi) is 3.62. The van der Waals surface area contributed by atoms with E-state index in [4.69, 9.17) is 9.47 Å². The van der Waals surface area contributed by atoms with E-state index in [0.29, 0.717) is 0 Å². The minimum absolute atomic E-state index is 0.862. The second kappa shape index (κ2) is 4.75. The summed E-state index contributed by atoms with van der Waals surface area (Å²) in [6.07, 6.45) is 2.05. The van der Waals surface area contributed by atoms with Crippen molar-refractivity contribution in [2.24, 2.45) is 0 Å². The van der Waals surface area contributed by atoms with Gasteiger partial charge in [0.2, 0.25) is 0 Å². The number of ether oxygens (including phenoxy) is 2. The van der Waals surface area contributed by atoms with Crippen molar-refractivity contribution in [2.75, 3.05) is 14.2 Å². The molecule has 0 aliphatic rings. The lowest BCUT2D eigenvalue weighted by Gasteiger charge is -2.11. The van der Waals surface area contributed by atoms with Gasteiger partial charge in [0.25, 0.3) is 0 Å². The van der Waals surface area contributed by atoms with E-state index in [9.17, 15) is 0 Å². The smallest absolute Gasteiger partial charge is 0.126 e. The third-order valence-electron chi connectivity index (χ3n) is 1.96. The van der Waals surface area contributed by atoms with Gasteiger partial charge < -0.3 is 9.47 Å². The zero-order valence-corrected chi connectivity index (χ0v) is 8.39. The molecule has 0 aromatic heterocycles. The molecule has 0 aliphatic carbocycles. The highest BCUT2D eigenvalue weighted by atomic mass is 16.5. The van der Waals surface area contributed by atoms with Crippen molar-refractivity contribution in [2.45, 2.75) is 19.8 Å².